The van der Waals surface area contributed by atoms with Crippen LogP contribution in [-0.2, 0) is 13.0 Å². The molecule has 0 fully saturated rings. The number of aliphatic hydroxyl groups excluding tert-OH is 1. The molecular formula is C27H31N7O. The largest absolute Gasteiger partial charge is 0.386 e. The van der Waals surface area contributed by atoms with Crippen LogP contribution in [0.3, 0.4) is 0 Å². The highest BCUT2D eigenvalue weighted by Crippen LogP contribution is 2.35. The van der Waals surface area contributed by atoms with Crippen LogP contribution in [0, 0.1) is 16.7 Å². The molecule has 4 rings (SSSR count). The number of imidazole rings is 1. The second-order valence-corrected chi connectivity index (χ2v) is 9.90. The van der Waals surface area contributed by atoms with Crippen molar-refractivity contribution in [2.45, 2.75) is 65.8 Å². The van der Waals surface area contributed by atoms with Crippen LogP contribution in [-0.4, -0.2) is 14.7 Å². The summed E-state index contributed by atoms with van der Waals surface area (Å²) in [5, 5.41) is 36.4. The summed E-state index contributed by atoms with van der Waals surface area (Å²) in [6.07, 6.45) is 1.53. The first-order valence-corrected chi connectivity index (χ1v) is 12.0. The van der Waals surface area contributed by atoms with Crippen LogP contribution in [0.15, 0.2) is 69.2 Å². The minimum absolute atomic E-state index is 0.413. The molecule has 8 nitrogen and oxygen atoms in total. The van der Waals surface area contributed by atoms with E-state index in [2.05, 4.69) is 57.9 Å². The number of benzene rings is 2. The lowest BCUT2D eigenvalue weighted by molar-refractivity contribution is 0.0588. The van der Waals surface area contributed by atoms with Crippen molar-refractivity contribution in [2.24, 2.45) is 26.1 Å². The van der Waals surface area contributed by atoms with Crippen molar-refractivity contribution < 1.29 is 5.11 Å². The van der Waals surface area contributed by atoms with Gasteiger partial charge in [-0.1, -0.05) is 82.6 Å². The van der Waals surface area contributed by atoms with Gasteiger partial charge in [0.2, 0.25) is 6.17 Å². The van der Waals surface area contributed by atoms with E-state index >= 15 is 0 Å². The number of aromatic nitrogens is 2. The Labute approximate surface area is 206 Å². The molecule has 0 saturated heterocycles. The van der Waals surface area contributed by atoms with Crippen molar-refractivity contribution in [3.63, 3.8) is 0 Å². The summed E-state index contributed by atoms with van der Waals surface area (Å²) in [4.78, 5) is 4.75. The first-order valence-electron chi connectivity index (χ1n) is 12.0. The normalized spacial score (nSPS) is 14.4. The molecular weight excluding hydrogens is 438 g/mol. The summed E-state index contributed by atoms with van der Waals surface area (Å²) in [5.41, 5.74) is 4.57. The second-order valence-electron chi connectivity index (χ2n) is 9.90. The molecule has 1 atom stereocenters. The lowest BCUT2D eigenvalue weighted by Gasteiger charge is -2.24. The van der Waals surface area contributed by atoms with Gasteiger partial charge >= 0.3 is 0 Å². The number of aryl methyl sites for hydroxylation is 1. The highest BCUT2D eigenvalue weighted by molar-refractivity contribution is 5.68. The lowest BCUT2D eigenvalue weighted by Crippen LogP contribution is -2.19. The van der Waals surface area contributed by atoms with E-state index in [1.807, 2.05) is 49.6 Å². The fraction of sp³-hybridized carbons (Fsp3) is 0.407. The van der Waals surface area contributed by atoms with Gasteiger partial charge in [0.05, 0.1) is 0 Å². The number of nitriles is 1. The average molecular weight is 470 g/mol. The molecule has 0 bridgehead atoms. The maximum Gasteiger partial charge on any atom is 0.211 e. The second kappa shape index (κ2) is 10.3. The third kappa shape index (κ3) is 5.20. The lowest BCUT2D eigenvalue weighted by atomic mass is 9.86. The molecule has 1 unspecified atom stereocenters. The van der Waals surface area contributed by atoms with E-state index < -0.39 is 17.7 Å². The van der Waals surface area contributed by atoms with Crippen LogP contribution < -0.4 is 0 Å². The molecule has 35 heavy (non-hydrogen) atoms. The molecule has 1 N–H and O–H groups in total. The minimum atomic E-state index is -0.817. The molecule has 0 spiro atoms. The summed E-state index contributed by atoms with van der Waals surface area (Å²) in [7, 11) is 0. The number of nitrogens with zero attached hydrogens (tertiary/aromatic N) is 7. The Hall–Kier alpha value is -3.70. The van der Waals surface area contributed by atoms with Crippen LogP contribution in [0.2, 0.25) is 0 Å². The summed E-state index contributed by atoms with van der Waals surface area (Å²) in [6.45, 7) is 8.50. The fourth-order valence-electron chi connectivity index (χ4n) is 4.18. The predicted octanol–water partition coefficient (Wildman–Crippen LogP) is 6.72. The molecule has 0 aliphatic carbocycles. The summed E-state index contributed by atoms with van der Waals surface area (Å²) in [6, 6.07) is 18.6. The summed E-state index contributed by atoms with van der Waals surface area (Å²) >= 11 is 0. The van der Waals surface area contributed by atoms with E-state index in [1.54, 1.807) is 0 Å². The molecule has 1 aliphatic heterocycles. The van der Waals surface area contributed by atoms with E-state index in [4.69, 9.17) is 4.98 Å². The molecule has 8 heteroatoms. The highest BCUT2D eigenvalue weighted by atomic mass is 16.3. The third-order valence-corrected chi connectivity index (χ3v) is 6.22. The van der Waals surface area contributed by atoms with Crippen molar-refractivity contribution in [3.05, 3.63) is 76.9 Å². The maximum absolute atomic E-state index is 10.9. The van der Waals surface area contributed by atoms with E-state index in [0.29, 0.717) is 17.9 Å². The molecule has 2 aromatic carbocycles. The Morgan fingerprint density at radius 3 is 2.37 bits per heavy atom. The summed E-state index contributed by atoms with van der Waals surface area (Å²) < 4.78 is 1.96. The number of hydrogen-bond donors (Lipinski definition) is 1. The first kappa shape index (κ1) is 24.4. The van der Waals surface area contributed by atoms with Crippen LogP contribution in [0.1, 0.15) is 81.1 Å². The van der Waals surface area contributed by atoms with Gasteiger partial charge in [-0.25, -0.2) is 4.98 Å². The monoisotopic (exact) mass is 469 g/mol. The van der Waals surface area contributed by atoms with Crippen LogP contribution >= 0.6 is 0 Å². The third-order valence-electron chi connectivity index (χ3n) is 6.22. The van der Waals surface area contributed by atoms with Crippen molar-refractivity contribution in [2.75, 3.05) is 0 Å². The van der Waals surface area contributed by atoms with Gasteiger partial charge in [-0.15, -0.1) is 10.2 Å². The molecule has 0 saturated carbocycles. The van der Waals surface area contributed by atoms with Gasteiger partial charge in [0, 0.05) is 18.5 Å². The highest BCUT2D eigenvalue weighted by Gasteiger charge is 2.31. The zero-order valence-electron chi connectivity index (χ0n) is 20.7. The van der Waals surface area contributed by atoms with Crippen LogP contribution in [0.4, 0.5) is 0 Å². The summed E-state index contributed by atoms with van der Waals surface area (Å²) in [5.74, 6) is 0.841. The number of hydrogen-bond acceptors (Lipinski definition) is 7. The Balaban J connectivity index is 1.66. The number of aliphatic hydroxyl groups is 1. The van der Waals surface area contributed by atoms with Crippen molar-refractivity contribution >= 4 is 0 Å². The Morgan fingerprint density at radius 1 is 1.06 bits per heavy atom. The fourth-order valence-corrected chi connectivity index (χ4v) is 4.18. The van der Waals surface area contributed by atoms with Crippen LogP contribution in [0.25, 0.3) is 11.1 Å². The van der Waals surface area contributed by atoms with E-state index in [9.17, 15) is 10.4 Å². The smallest absolute Gasteiger partial charge is 0.211 e. The Bertz CT molecular complexity index is 1260. The van der Waals surface area contributed by atoms with E-state index in [-0.39, 0.29) is 0 Å². The van der Waals surface area contributed by atoms with Gasteiger partial charge < -0.3 is 9.67 Å². The SMILES string of the molecule is CCCCc1nc(C(O)C(C)(C)C)c(C#N)n1Cc1ccc(-c2ccccc2C2N=NN=N2)cc1. The molecule has 3 aromatic rings. The van der Waals surface area contributed by atoms with Gasteiger partial charge in [0.25, 0.3) is 0 Å². The first-order chi connectivity index (χ1) is 16.8. The van der Waals surface area contributed by atoms with Crippen LogP contribution in [0.5, 0.6) is 0 Å². The van der Waals surface area contributed by atoms with E-state index in [0.717, 1.165) is 47.3 Å². The molecule has 2 heterocycles. The Kier molecular flexibility index (Phi) is 7.17. The predicted molar refractivity (Wildman–Crippen MR) is 133 cm³/mol. The van der Waals surface area contributed by atoms with E-state index in [1.165, 1.54) is 0 Å². The van der Waals surface area contributed by atoms with Crippen molar-refractivity contribution in [1.29, 1.82) is 5.26 Å². The number of unbranched alkanes of at least 4 members (excludes halogenated alkanes) is 1. The number of rotatable bonds is 8. The molecule has 1 aliphatic rings. The average Bonchev–Trinajstić information content (AvgIpc) is 3.50. The standard InChI is InChI=1S/C27H31N7O/c1-5-6-11-23-29-24(25(35)27(2,3)4)22(16-28)34(23)17-18-12-14-19(15-13-18)20-9-7-8-10-21(20)26-30-32-33-31-26/h7-10,12-15,25-26,35H,5-6,11,17H2,1-4H3. The molecule has 180 valence electrons. The zero-order chi connectivity index (χ0) is 25.0. The van der Waals surface area contributed by atoms with Gasteiger partial charge in [-0.05, 0) is 39.0 Å². The quantitative estimate of drug-likeness (QED) is 0.395. The topological polar surface area (TPSA) is 111 Å². The Morgan fingerprint density at radius 2 is 1.74 bits per heavy atom. The molecule has 0 radical (unpaired) electrons. The molecule has 1 aromatic heterocycles. The molecule has 0 amide bonds. The van der Waals surface area contributed by atoms with Gasteiger partial charge in [-0.2, -0.15) is 5.26 Å². The zero-order valence-corrected chi connectivity index (χ0v) is 20.7. The maximum atomic E-state index is 10.9. The van der Waals surface area contributed by atoms with Gasteiger partial charge in [-0.3, -0.25) is 0 Å². The van der Waals surface area contributed by atoms with Crippen molar-refractivity contribution in [1.82, 2.24) is 9.55 Å². The van der Waals surface area contributed by atoms with Gasteiger partial charge in [0.1, 0.15) is 29.4 Å². The van der Waals surface area contributed by atoms with Crippen molar-refractivity contribution in [3.8, 4) is 17.2 Å². The van der Waals surface area contributed by atoms with Gasteiger partial charge in [0.15, 0.2) is 0 Å². The minimum Gasteiger partial charge on any atom is -0.386 e.